The minimum absolute atomic E-state index is 0.128. The molecule has 1 heterocycles. The van der Waals surface area contributed by atoms with E-state index in [0.717, 1.165) is 4.47 Å². The average molecular weight is 306 g/mol. The normalized spacial score (nSPS) is 12.1. The van der Waals surface area contributed by atoms with Gasteiger partial charge in [0.15, 0.2) is 5.78 Å². The number of Topliss-reactive ketones (excluding diaryl/α,β-unsaturated/α-hetero) is 1. The molecule has 0 radical (unpaired) electrons. The van der Waals surface area contributed by atoms with Crippen molar-refractivity contribution in [1.82, 2.24) is 4.98 Å². The first-order valence-corrected chi connectivity index (χ1v) is 6.32. The van der Waals surface area contributed by atoms with Gasteiger partial charge in [-0.1, -0.05) is 30.3 Å². The minimum atomic E-state index is -1.09. The summed E-state index contributed by atoms with van der Waals surface area (Å²) < 4.78 is 0.863. The second-order valence-corrected chi connectivity index (χ2v) is 4.84. The van der Waals surface area contributed by atoms with Crippen molar-refractivity contribution in [3.05, 3.63) is 64.4 Å². The number of hydrogen-bond donors (Lipinski definition) is 1. The van der Waals surface area contributed by atoms with Gasteiger partial charge >= 0.3 is 0 Å². The summed E-state index contributed by atoms with van der Waals surface area (Å²) in [7, 11) is 0. The van der Waals surface area contributed by atoms with E-state index >= 15 is 0 Å². The summed E-state index contributed by atoms with van der Waals surface area (Å²) in [5, 5.41) is 9.92. The molecule has 3 nitrogen and oxygen atoms in total. The summed E-state index contributed by atoms with van der Waals surface area (Å²) in [6.45, 7) is 0. The van der Waals surface area contributed by atoms with Crippen molar-refractivity contribution in [3.8, 4) is 0 Å². The highest BCUT2D eigenvalue weighted by Gasteiger charge is 2.17. The maximum atomic E-state index is 11.9. The predicted octanol–water partition coefficient (Wildman–Crippen LogP) is 2.69. The van der Waals surface area contributed by atoms with E-state index in [4.69, 9.17) is 0 Å². The van der Waals surface area contributed by atoms with Crippen LogP contribution in [0.1, 0.15) is 17.4 Å². The molecule has 1 unspecified atom stereocenters. The Morgan fingerprint density at radius 3 is 2.56 bits per heavy atom. The van der Waals surface area contributed by atoms with Crippen LogP contribution in [0.5, 0.6) is 0 Å². The Morgan fingerprint density at radius 2 is 1.94 bits per heavy atom. The van der Waals surface area contributed by atoms with E-state index in [1.54, 1.807) is 36.5 Å². The average Bonchev–Trinajstić information content (AvgIpc) is 2.41. The lowest BCUT2D eigenvalue weighted by molar-refractivity contribution is -0.126. The van der Waals surface area contributed by atoms with Crippen molar-refractivity contribution >= 4 is 21.7 Å². The van der Waals surface area contributed by atoms with Crippen LogP contribution in [0.4, 0.5) is 0 Å². The summed E-state index contributed by atoms with van der Waals surface area (Å²) in [6.07, 6.45) is 0.678. The molecule has 2 rings (SSSR count). The molecule has 0 spiro atoms. The van der Waals surface area contributed by atoms with Gasteiger partial charge in [0.1, 0.15) is 6.10 Å². The van der Waals surface area contributed by atoms with Gasteiger partial charge in [-0.3, -0.25) is 9.78 Å². The van der Waals surface area contributed by atoms with E-state index in [1.165, 1.54) is 0 Å². The van der Waals surface area contributed by atoms with Crippen LogP contribution in [0.15, 0.2) is 53.1 Å². The smallest absolute Gasteiger partial charge is 0.171 e. The van der Waals surface area contributed by atoms with E-state index in [9.17, 15) is 9.90 Å². The van der Waals surface area contributed by atoms with Crippen LogP contribution in [0.2, 0.25) is 0 Å². The van der Waals surface area contributed by atoms with Gasteiger partial charge in [-0.25, -0.2) is 0 Å². The lowest BCUT2D eigenvalue weighted by Crippen LogP contribution is -2.15. The fourth-order valence-corrected chi connectivity index (χ4v) is 1.84. The number of aromatic nitrogens is 1. The second-order valence-electron chi connectivity index (χ2n) is 3.92. The molecule has 0 bridgehead atoms. The van der Waals surface area contributed by atoms with Crippen molar-refractivity contribution < 1.29 is 9.90 Å². The van der Waals surface area contributed by atoms with E-state index in [2.05, 4.69) is 20.9 Å². The van der Waals surface area contributed by atoms with Gasteiger partial charge in [0.2, 0.25) is 0 Å². The Hall–Kier alpha value is -1.52. The minimum Gasteiger partial charge on any atom is -0.381 e. The standard InChI is InChI=1S/C14H12BrNO2/c15-11-6-7-12(16-9-11)8-13(17)14(18)10-4-2-1-3-5-10/h1-7,9,14,18H,8H2. The molecule has 92 valence electrons. The van der Waals surface area contributed by atoms with Crippen LogP contribution < -0.4 is 0 Å². The van der Waals surface area contributed by atoms with E-state index in [1.807, 2.05) is 12.1 Å². The molecule has 2 aromatic rings. The Labute approximate surface area is 114 Å². The highest BCUT2D eigenvalue weighted by molar-refractivity contribution is 9.10. The number of pyridine rings is 1. The Balaban J connectivity index is 2.06. The molecule has 18 heavy (non-hydrogen) atoms. The van der Waals surface area contributed by atoms with Gasteiger partial charge in [-0.2, -0.15) is 0 Å². The van der Waals surface area contributed by atoms with Crippen LogP contribution in [-0.2, 0) is 11.2 Å². The lowest BCUT2D eigenvalue weighted by Gasteiger charge is -2.09. The monoisotopic (exact) mass is 305 g/mol. The molecule has 4 heteroatoms. The number of aliphatic hydroxyl groups is 1. The van der Waals surface area contributed by atoms with E-state index < -0.39 is 6.10 Å². The third kappa shape index (κ3) is 3.24. The van der Waals surface area contributed by atoms with E-state index in [0.29, 0.717) is 11.3 Å². The number of carbonyl (C=O) groups excluding carboxylic acids is 1. The molecule has 0 aliphatic rings. The summed E-state index contributed by atoms with van der Waals surface area (Å²) >= 11 is 3.28. The van der Waals surface area contributed by atoms with Gasteiger partial charge in [-0.05, 0) is 33.6 Å². The van der Waals surface area contributed by atoms with Gasteiger partial charge in [-0.15, -0.1) is 0 Å². The quantitative estimate of drug-likeness (QED) is 0.945. The number of hydrogen-bond acceptors (Lipinski definition) is 3. The maximum absolute atomic E-state index is 11.9. The molecule has 1 N–H and O–H groups in total. The number of benzene rings is 1. The second kappa shape index (κ2) is 5.89. The number of nitrogens with zero attached hydrogens (tertiary/aromatic N) is 1. The Morgan fingerprint density at radius 1 is 1.22 bits per heavy atom. The number of halogens is 1. The van der Waals surface area contributed by atoms with Crippen LogP contribution in [0, 0.1) is 0 Å². The summed E-state index contributed by atoms with van der Waals surface area (Å²) in [6, 6.07) is 12.5. The van der Waals surface area contributed by atoms with Crippen LogP contribution in [0.3, 0.4) is 0 Å². The predicted molar refractivity (Wildman–Crippen MR) is 72.0 cm³/mol. The lowest BCUT2D eigenvalue weighted by atomic mass is 10.0. The maximum Gasteiger partial charge on any atom is 0.171 e. The summed E-state index contributed by atoms with van der Waals surface area (Å²) in [5.74, 6) is -0.254. The zero-order valence-electron chi connectivity index (χ0n) is 9.58. The SMILES string of the molecule is O=C(Cc1ccc(Br)cn1)C(O)c1ccccc1. The van der Waals surface area contributed by atoms with Crippen molar-refractivity contribution in [2.24, 2.45) is 0 Å². The highest BCUT2D eigenvalue weighted by Crippen LogP contribution is 2.16. The van der Waals surface area contributed by atoms with Crippen LogP contribution in [0.25, 0.3) is 0 Å². The van der Waals surface area contributed by atoms with Gasteiger partial charge in [0.05, 0.1) is 6.42 Å². The third-order valence-electron chi connectivity index (χ3n) is 2.56. The molecule has 0 aliphatic heterocycles. The summed E-state index contributed by atoms with van der Waals surface area (Å²) in [5.41, 5.74) is 1.26. The molecule has 0 fully saturated rings. The number of aliphatic hydroxyl groups excluding tert-OH is 1. The molecule has 1 aromatic carbocycles. The Bertz CT molecular complexity index is 525. The molecule has 1 aromatic heterocycles. The first-order valence-electron chi connectivity index (χ1n) is 5.53. The topological polar surface area (TPSA) is 50.2 Å². The van der Waals surface area contributed by atoms with Gasteiger partial charge < -0.3 is 5.11 Å². The zero-order chi connectivity index (χ0) is 13.0. The number of ketones is 1. The highest BCUT2D eigenvalue weighted by atomic mass is 79.9. The fourth-order valence-electron chi connectivity index (χ4n) is 1.61. The molecule has 0 aliphatic carbocycles. The molecule has 0 saturated heterocycles. The zero-order valence-corrected chi connectivity index (χ0v) is 11.2. The largest absolute Gasteiger partial charge is 0.381 e. The van der Waals surface area contributed by atoms with Crippen molar-refractivity contribution in [3.63, 3.8) is 0 Å². The first kappa shape index (κ1) is 12.9. The van der Waals surface area contributed by atoms with Gasteiger partial charge in [0.25, 0.3) is 0 Å². The van der Waals surface area contributed by atoms with Crippen LogP contribution in [-0.4, -0.2) is 15.9 Å². The molecule has 0 saturated carbocycles. The molecular formula is C14H12BrNO2. The number of carbonyl (C=O) groups is 1. The van der Waals surface area contributed by atoms with E-state index in [-0.39, 0.29) is 12.2 Å². The third-order valence-corrected chi connectivity index (χ3v) is 3.03. The molecule has 0 amide bonds. The van der Waals surface area contributed by atoms with Crippen molar-refractivity contribution in [1.29, 1.82) is 0 Å². The molecule has 1 atom stereocenters. The first-order chi connectivity index (χ1) is 8.66. The Kier molecular flexibility index (Phi) is 4.23. The fraction of sp³-hybridized carbons (Fsp3) is 0.143. The summed E-state index contributed by atoms with van der Waals surface area (Å²) in [4.78, 5) is 16.0. The van der Waals surface area contributed by atoms with Crippen molar-refractivity contribution in [2.45, 2.75) is 12.5 Å². The molecular weight excluding hydrogens is 294 g/mol. The van der Waals surface area contributed by atoms with Gasteiger partial charge in [0, 0.05) is 16.4 Å². The van der Waals surface area contributed by atoms with Crippen LogP contribution >= 0.6 is 15.9 Å². The number of rotatable bonds is 4. The van der Waals surface area contributed by atoms with Crippen molar-refractivity contribution in [2.75, 3.05) is 0 Å².